The fraction of sp³-hybridized carbons (Fsp3) is 0.176. The van der Waals surface area contributed by atoms with E-state index in [0.29, 0.717) is 5.56 Å². The van der Waals surface area contributed by atoms with Crippen molar-refractivity contribution in [3.63, 3.8) is 0 Å². The predicted molar refractivity (Wildman–Crippen MR) is 88.8 cm³/mol. The standard InChI is InChI=1S/C17H19N3O2/c1-20(2)15-8-6-14(7-9-15)17(21)19-18-12-13-4-10-16(22-3)11-5-13/h4-12H,1-3H3,(H,19,21)/b18-12+. The first-order valence-electron chi connectivity index (χ1n) is 6.85. The average molecular weight is 297 g/mol. The lowest BCUT2D eigenvalue weighted by Crippen LogP contribution is -2.17. The van der Waals surface area contributed by atoms with Crippen LogP contribution in [-0.2, 0) is 0 Å². The van der Waals surface area contributed by atoms with Crippen LogP contribution < -0.4 is 15.1 Å². The van der Waals surface area contributed by atoms with E-state index in [9.17, 15) is 4.79 Å². The second-order valence-electron chi connectivity index (χ2n) is 4.91. The highest BCUT2D eigenvalue weighted by molar-refractivity contribution is 5.95. The SMILES string of the molecule is COc1ccc(/C=N/NC(=O)c2ccc(N(C)C)cc2)cc1. The lowest BCUT2D eigenvalue weighted by atomic mass is 10.2. The molecule has 0 unspecified atom stereocenters. The van der Waals surface area contributed by atoms with Gasteiger partial charge in [-0.2, -0.15) is 5.10 Å². The van der Waals surface area contributed by atoms with Gasteiger partial charge in [0.05, 0.1) is 13.3 Å². The van der Waals surface area contributed by atoms with Gasteiger partial charge in [-0.3, -0.25) is 4.79 Å². The zero-order valence-corrected chi connectivity index (χ0v) is 12.9. The second kappa shape index (κ2) is 7.26. The Labute approximate surface area is 130 Å². The number of hydrogen-bond donors (Lipinski definition) is 1. The number of nitrogens with zero attached hydrogens (tertiary/aromatic N) is 2. The Morgan fingerprint density at radius 3 is 2.27 bits per heavy atom. The quantitative estimate of drug-likeness (QED) is 0.681. The van der Waals surface area contributed by atoms with E-state index in [-0.39, 0.29) is 5.91 Å². The van der Waals surface area contributed by atoms with Gasteiger partial charge in [0.1, 0.15) is 5.75 Å². The summed E-state index contributed by atoms with van der Waals surface area (Å²) in [5, 5.41) is 3.96. The zero-order valence-electron chi connectivity index (χ0n) is 12.9. The summed E-state index contributed by atoms with van der Waals surface area (Å²) in [5.74, 6) is 0.539. The molecule has 0 atom stereocenters. The van der Waals surface area contributed by atoms with Crippen LogP contribution in [-0.4, -0.2) is 33.3 Å². The number of rotatable bonds is 5. The number of hydrogen-bond acceptors (Lipinski definition) is 4. The van der Waals surface area contributed by atoms with Crippen LogP contribution in [0.4, 0.5) is 5.69 Å². The number of carbonyl (C=O) groups excluding carboxylic acids is 1. The van der Waals surface area contributed by atoms with Crippen molar-refractivity contribution in [1.29, 1.82) is 0 Å². The van der Waals surface area contributed by atoms with Crippen LogP contribution in [0.2, 0.25) is 0 Å². The average Bonchev–Trinajstić information content (AvgIpc) is 2.55. The number of ether oxygens (including phenoxy) is 1. The third kappa shape index (κ3) is 4.09. The lowest BCUT2D eigenvalue weighted by molar-refractivity contribution is 0.0955. The molecule has 1 N–H and O–H groups in total. The molecule has 1 amide bonds. The monoisotopic (exact) mass is 297 g/mol. The van der Waals surface area contributed by atoms with E-state index in [0.717, 1.165) is 17.0 Å². The smallest absolute Gasteiger partial charge is 0.271 e. The van der Waals surface area contributed by atoms with Crippen molar-refractivity contribution >= 4 is 17.8 Å². The minimum atomic E-state index is -0.241. The highest BCUT2D eigenvalue weighted by Gasteiger charge is 2.04. The van der Waals surface area contributed by atoms with Gasteiger partial charge in [-0.05, 0) is 54.1 Å². The third-order valence-corrected chi connectivity index (χ3v) is 3.14. The summed E-state index contributed by atoms with van der Waals surface area (Å²) in [6.07, 6.45) is 1.59. The molecule has 0 aliphatic rings. The Balaban J connectivity index is 1.95. The molecule has 0 heterocycles. The molecular weight excluding hydrogens is 278 g/mol. The largest absolute Gasteiger partial charge is 0.497 e. The van der Waals surface area contributed by atoms with Crippen molar-refractivity contribution < 1.29 is 9.53 Å². The number of methoxy groups -OCH3 is 1. The first-order valence-corrected chi connectivity index (χ1v) is 6.85. The molecule has 22 heavy (non-hydrogen) atoms. The molecule has 0 aromatic heterocycles. The summed E-state index contributed by atoms with van der Waals surface area (Å²) >= 11 is 0. The molecule has 0 aliphatic carbocycles. The Kier molecular flexibility index (Phi) is 5.14. The number of hydrazone groups is 1. The maximum Gasteiger partial charge on any atom is 0.271 e. The van der Waals surface area contributed by atoms with Crippen molar-refractivity contribution in [1.82, 2.24) is 5.43 Å². The molecule has 114 valence electrons. The Morgan fingerprint density at radius 1 is 1.09 bits per heavy atom. The first-order chi connectivity index (χ1) is 10.6. The Morgan fingerprint density at radius 2 is 1.73 bits per heavy atom. The molecule has 0 fully saturated rings. The fourth-order valence-corrected chi connectivity index (χ4v) is 1.83. The van der Waals surface area contributed by atoms with E-state index in [1.165, 1.54) is 0 Å². The first kappa shape index (κ1) is 15.6. The van der Waals surface area contributed by atoms with E-state index in [2.05, 4.69) is 10.5 Å². The highest BCUT2D eigenvalue weighted by atomic mass is 16.5. The number of benzene rings is 2. The highest BCUT2D eigenvalue weighted by Crippen LogP contribution is 2.12. The predicted octanol–water partition coefficient (Wildman–Crippen LogP) is 2.53. The van der Waals surface area contributed by atoms with Crippen molar-refractivity contribution in [2.75, 3.05) is 26.1 Å². The van der Waals surface area contributed by atoms with E-state index in [4.69, 9.17) is 4.74 Å². The van der Waals surface area contributed by atoms with Gasteiger partial charge in [-0.1, -0.05) is 0 Å². The lowest BCUT2D eigenvalue weighted by Gasteiger charge is -2.12. The zero-order chi connectivity index (χ0) is 15.9. The summed E-state index contributed by atoms with van der Waals surface area (Å²) in [6.45, 7) is 0. The second-order valence-corrected chi connectivity index (χ2v) is 4.91. The van der Waals surface area contributed by atoms with Gasteiger partial charge in [0, 0.05) is 25.3 Å². The topological polar surface area (TPSA) is 53.9 Å². The summed E-state index contributed by atoms with van der Waals surface area (Å²) in [7, 11) is 5.52. The van der Waals surface area contributed by atoms with Gasteiger partial charge in [-0.15, -0.1) is 0 Å². The van der Waals surface area contributed by atoms with Crippen LogP contribution in [0.15, 0.2) is 53.6 Å². The van der Waals surface area contributed by atoms with Crippen molar-refractivity contribution in [2.45, 2.75) is 0 Å². The van der Waals surface area contributed by atoms with Crippen LogP contribution in [0, 0.1) is 0 Å². The van der Waals surface area contributed by atoms with E-state index in [1.54, 1.807) is 25.5 Å². The maximum atomic E-state index is 12.0. The van der Waals surface area contributed by atoms with Crippen molar-refractivity contribution in [3.05, 3.63) is 59.7 Å². The maximum absolute atomic E-state index is 12.0. The molecule has 2 aromatic carbocycles. The van der Waals surface area contributed by atoms with E-state index >= 15 is 0 Å². The summed E-state index contributed by atoms with van der Waals surface area (Å²) in [4.78, 5) is 13.9. The van der Waals surface area contributed by atoms with Gasteiger partial charge >= 0.3 is 0 Å². The third-order valence-electron chi connectivity index (χ3n) is 3.14. The van der Waals surface area contributed by atoms with E-state index in [1.807, 2.05) is 55.4 Å². The molecule has 0 radical (unpaired) electrons. The minimum Gasteiger partial charge on any atom is -0.497 e. The molecular formula is C17H19N3O2. The summed E-state index contributed by atoms with van der Waals surface area (Å²) < 4.78 is 5.08. The fourth-order valence-electron chi connectivity index (χ4n) is 1.83. The van der Waals surface area contributed by atoms with Crippen LogP contribution >= 0.6 is 0 Å². The van der Waals surface area contributed by atoms with Crippen LogP contribution in [0.25, 0.3) is 0 Å². The van der Waals surface area contributed by atoms with Gasteiger partial charge in [0.25, 0.3) is 5.91 Å². The Bertz CT molecular complexity index is 647. The molecule has 5 nitrogen and oxygen atoms in total. The van der Waals surface area contributed by atoms with Gasteiger partial charge in [-0.25, -0.2) is 5.43 Å². The molecule has 0 aliphatic heterocycles. The van der Waals surface area contributed by atoms with Crippen molar-refractivity contribution in [3.8, 4) is 5.75 Å². The van der Waals surface area contributed by atoms with Crippen LogP contribution in [0.1, 0.15) is 15.9 Å². The summed E-state index contributed by atoms with van der Waals surface area (Å²) in [5.41, 5.74) is 5.00. The number of anilines is 1. The molecule has 2 rings (SSSR count). The van der Waals surface area contributed by atoms with Gasteiger partial charge < -0.3 is 9.64 Å². The van der Waals surface area contributed by atoms with Gasteiger partial charge in [0.2, 0.25) is 0 Å². The number of nitrogens with one attached hydrogen (secondary N) is 1. The number of amides is 1. The van der Waals surface area contributed by atoms with Crippen LogP contribution in [0.3, 0.4) is 0 Å². The Hall–Kier alpha value is -2.82. The normalized spacial score (nSPS) is 10.5. The van der Waals surface area contributed by atoms with Crippen LogP contribution in [0.5, 0.6) is 5.75 Å². The molecule has 0 bridgehead atoms. The molecule has 0 saturated carbocycles. The number of carbonyl (C=O) groups is 1. The molecule has 0 spiro atoms. The molecule has 0 saturated heterocycles. The van der Waals surface area contributed by atoms with Gasteiger partial charge in [0.15, 0.2) is 0 Å². The molecule has 2 aromatic rings. The molecule has 5 heteroatoms. The summed E-state index contributed by atoms with van der Waals surface area (Å²) in [6, 6.07) is 14.7. The van der Waals surface area contributed by atoms with E-state index < -0.39 is 0 Å². The minimum absolute atomic E-state index is 0.241. The van der Waals surface area contributed by atoms with Crippen molar-refractivity contribution in [2.24, 2.45) is 5.10 Å².